The molecule has 0 radical (unpaired) electrons. The van der Waals surface area contributed by atoms with E-state index in [2.05, 4.69) is 10.3 Å². The molecule has 34 heavy (non-hydrogen) atoms. The standard InChI is InChI=1S/C23H22N4O7/c1-12-5-6-14(13(2)8-12)11-27-22(33)17(20(31)25-10-16(28)29)19(30)18(23(27)34)21(32)26-15-4-3-7-24-9-15/h3-9,30,33H,10-11H2,1-2H3,(H,25,31)(H,26,32)(H,28,29). The Morgan fingerprint density at radius 1 is 1.06 bits per heavy atom. The van der Waals surface area contributed by atoms with Gasteiger partial charge in [-0.1, -0.05) is 23.8 Å². The van der Waals surface area contributed by atoms with Crippen molar-refractivity contribution in [1.29, 1.82) is 0 Å². The van der Waals surface area contributed by atoms with E-state index in [1.54, 1.807) is 19.1 Å². The highest BCUT2D eigenvalue weighted by Gasteiger charge is 2.30. The average Bonchev–Trinajstić information content (AvgIpc) is 2.77. The minimum absolute atomic E-state index is 0.219. The summed E-state index contributed by atoms with van der Waals surface area (Å²) in [4.78, 5) is 53.4. The lowest BCUT2D eigenvalue weighted by Gasteiger charge is -2.17. The Hall–Kier alpha value is -4.67. The second-order valence-electron chi connectivity index (χ2n) is 7.52. The van der Waals surface area contributed by atoms with E-state index in [9.17, 15) is 29.4 Å². The predicted molar refractivity (Wildman–Crippen MR) is 121 cm³/mol. The summed E-state index contributed by atoms with van der Waals surface area (Å²) in [6.45, 7) is 2.64. The number of aromatic hydroxyl groups is 2. The average molecular weight is 466 g/mol. The molecule has 0 bridgehead atoms. The fourth-order valence-corrected chi connectivity index (χ4v) is 3.33. The minimum atomic E-state index is -1.37. The molecule has 0 spiro atoms. The quantitative estimate of drug-likeness (QED) is 0.348. The zero-order valence-electron chi connectivity index (χ0n) is 18.3. The largest absolute Gasteiger partial charge is 0.506 e. The summed E-state index contributed by atoms with van der Waals surface area (Å²) in [5.74, 6) is -5.59. The van der Waals surface area contributed by atoms with Crippen molar-refractivity contribution in [1.82, 2.24) is 14.9 Å². The molecule has 3 aromatic rings. The van der Waals surface area contributed by atoms with E-state index >= 15 is 0 Å². The highest BCUT2D eigenvalue weighted by atomic mass is 16.4. The van der Waals surface area contributed by atoms with Gasteiger partial charge in [-0.3, -0.25) is 28.7 Å². The molecule has 0 aliphatic carbocycles. The van der Waals surface area contributed by atoms with Gasteiger partial charge in [0.05, 0.1) is 18.4 Å². The number of pyridine rings is 2. The summed E-state index contributed by atoms with van der Waals surface area (Å²) in [7, 11) is 0. The van der Waals surface area contributed by atoms with Gasteiger partial charge in [-0.25, -0.2) is 0 Å². The number of benzene rings is 1. The number of amides is 2. The van der Waals surface area contributed by atoms with Crippen LogP contribution in [-0.2, 0) is 11.3 Å². The van der Waals surface area contributed by atoms with Crippen LogP contribution in [0.4, 0.5) is 5.69 Å². The summed E-state index contributed by atoms with van der Waals surface area (Å²) in [5.41, 5.74) is -0.0622. The van der Waals surface area contributed by atoms with E-state index in [1.165, 1.54) is 24.5 Å². The van der Waals surface area contributed by atoms with Gasteiger partial charge in [0.1, 0.15) is 17.7 Å². The lowest BCUT2D eigenvalue weighted by Crippen LogP contribution is -2.34. The number of rotatable bonds is 7. The van der Waals surface area contributed by atoms with E-state index in [4.69, 9.17) is 5.11 Å². The number of carboxylic acid groups (broad SMARTS) is 1. The molecule has 11 heteroatoms. The third kappa shape index (κ3) is 5.04. The third-order valence-corrected chi connectivity index (χ3v) is 5.01. The van der Waals surface area contributed by atoms with Gasteiger partial charge in [-0.05, 0) is 37.1 Å². The number of carboxylic acids is 1. The molecule has 3 rings (SSSR count). The summed E-state index contributed by atoms with van der Waals surface area (Å²) < 4.78 is 0.769. The van der Waals surface area contributed by atoms with Crippen LogP contribution in [0.5, 0.6) is 11.6 Å². The third-order valence-electron chi connectivity index (χ3n) is 5.01. The number of anilines is 1. The monoisotopic (exact) mass is 466 g/mol. The molecule has 0 aliphatic heterocycles. The molecular formula is C23H22N4O7. The first-order valence-electron chi connectivity index (χ1n) is 10.1. The zero-order valence-corrected chi connectivity index (χ0v) is 18.3. The van der Waals surface area contributed by atoms with E-state index in [0.29, 0.717) is 5.56 Å². The van der Waals surface area contributed by atoms with Crippen molar-refractivity contribution in [3.63, 3.8) is 0 Å². The van der Waals surface area contributed by atoms with Crippen molar-refractivity contribution in [2.75, 3.05) is 11.9 Å². The Morgan fingerprint density at radius 2 is 1.79 bits per heavy atom. The van der Waals surface area contributed by atoms with Crippen LogP contribution in [0.15, 0.2) is 47.5 Å². The summed E-state index contributed by atoms with van der Waals surface area (Å²) >= 11 is 0. The molecule has 176 valence electrons. The molecule has 5 N–H and O–H groups in total. The first kappa shape index (κ1) is 24.0. The Morgan fingerprint density at radius 3 is 2.41 bits per heavy atom. The number of hydrogen-bond donors (Lipinski definition) is 5. The van der Waals surface area contributed by atoms with Crippen molar-refractivity contribution >= 4 is 23.5 Å². The van der Waals surface area contributed by atoms with Gasteiger partial charge in [0.25, 0.3) is 17.4 Å². The van der Waals surface area contributed by atoms with E-state index in [-0.39, 0.29) is 12.2 Å². The molecular weight excluding hydrogens is 444 g/mol. The van der Waals surface area contributed by atoms with Crippen molar-refractivity contribution in [2.45, 2.75) is 20.4 Å². The number of nitrogens with zero attached hydrogens (tertiary/aromatic N) is 2. The first-order chi connectivity index (χ1) is 16.1. The van der Waals surface area contributed by atoms with E-state index in [0.717, 1.165) is 15.7 Å². The molecule has 2 amide bonds. The highest BCUT2D eigenvalue weighted by Crippen LogP contribution is 2.29. The number of aliphatic carboxylic acids is 1. The Kier molecular flexibility index (Phi) is 6.95. The molecule has 0 saturated heterocycles. The fraction of sp³-hybridized carbons (Fsp3) is 0.174. The molecule has 0 aliphatic rings. The van der Waals surface area contributed by atoms with Crippen LogP contribution in [-0.4, -0.2) is 49.2 Å². The number of aryl methyl sites for hydroxylation is 2. The Bertz CT molecular complexity index is 1330. The van der Waals surface area contributed by atoms with Crippen LogP contribution in [0.25, 0.3) is 0 Å². The minimum Gasteiger partial charge on any atom is -0.506 e. The normalized spacial score (nSPS) is 10.5. The lowest BCUT2D eigenvalue weighted by molar-refractivity contribution is -0.135. The maximum Gasteiger partial charge on any atom is 0.322 e. The van der Waals surface area contributed by atoms with E-state index in [1.807, 2.05) is 18.3 Å². The SMILES string of the molecule is Cc1ccc(Cn2c(O)c(C(=O)NCC(=O)O)c(O)c(C(=O)Nc3cccnc3)c2=O)c(C)c1. The molecule has 1 aromatic carbocycles. The van der Waals surface area contributed by atoms with Crippen molar-refractivity contribution < 1.29 is 29.7 Å². The van der Waals surface area contributed by atoms with Gasteiger partial charge in [-0.15, -0.1) is 0 Å². The van der Waals surface area contributed by atoms with Crippen molar-refractivity contribution in [2.24, 2.45) is 0 Å². The first-order valence-corrected chi connectivity index (χ1v) is 10.1. The molecule has 0 unspecified atom stereocenters. The molecule has 0 fully saturated rings. The second-order valence-corrected chi connectivity index (χ2v) is 7.52. The van der Waals surface area contributed by atoms with Gasteiger partial charge in [0, 0.05) is 6.20 Å². The Balaban J connectivity index is 2.17. The number of carbonyl (C=O) groups excluding carboxylic acids is 2. The van der Waals surface area contributed by atoms with E-state index < -0.39 is 52.6 Å². The van der Waals surface area contributed by atoms with Crippen molar-refractivity contribution in [3.8, 4) is 11.6 Å². The number of aromatic nitrogens is 2. The van der Waals surface area contributed by atoms with Crippen LogP contribution >= 0.6 is 0 Å². The van der Waals surface area contributed by atoms with Gasteiger partial charge in [0.15, 0.2) is 5.75 Å². The predicted octanol–water partition coefficient (Wildman–Crippen LogP) is 1.39. The molecule has 11 nitrogen and oxygen atoms in total. The van der Waals surface area contributed by atoms with Crippen LogP contribution < -0.4 is 16.2 Å². The zero-order chi connectivity index (χ0) is 25.0. The summed E-state index contributed by atoms with van der Waals surface area (Å²) in [5, 5.41) is 34.6. The molecule has 2 heterocycles. The van der Waals surface area contributed by atoms with Crippen LogP contribution in [0, 0.1) is 13.8 Å². The number of hydrogen-bond acceptors (Lipinski definition) is 7. The lowest BCUT2D eigenvalue weighted by atomic mass is 10.0. The van der Waals surface area contributed by atoms with Gasteiger partial charge < -0.3 is 26.0 Å². The summed E-state index contributed by atoms with van der Waals surface area (Å²) in [6.07, 6.45) is 2.78. The van der Waals surface area contributed by atoms with Gasteiger partial charge >= 0.3 is 5.97 Å². The molecule has 0 saturated carbocycles. The van der Waals surface area contributed by atoms with Crippen LogP contribution in [0.1, 0.15) is 37.4 Å². The van der Waals surface area contributed by atoms with Crippen molar-refractivity contribution in [3.05, 3.63) is 80.9 Å². The van der Waals surface area contributed by atoms with Crippen LogP contribution in [0.3, 0.4) is 0 Å². The highest BCUT2D eigenvalue weighted by molar-refractivity contribution is 6.09. The molecule has 0 atom stereocenters. The number of nitrogens with one attached hydrogen (secondary N) is 2. The number of carbonyl (C=O) groups is 3. The molecule has 2 aromatic heterocycles. The van der Waals surface area contributed by atoms with Gasteiger partial charge in [-0.2, -0.15) is 0 Å². The maximum absolute atomic E-state index is 13.2. The second kappa shape index (κ2) is 9.86. The topological polar surface area (TPSA) is 171 Å². The van der Waals surface area contributed by atoms with Crippen LogP contribution in [0.2, 0.25) is 0 Å². The fourth-order valence-electron chi connectivity index (χ4n) is 3.33. The van der Waals surface area contributed by atoms with Gasteiger partial charge in [0.2, 0.25) is 5.88 Å². The maximum atomic E-state index is 13.2. The smallest absolute Gasteiger partial charge is 0.322 e. The summed E-state index contributed by atoms with van der Waals surface area (Å²) in [6, 6.07) is 8.41. The Labute approximate surface area is 193 Å².